The van der Waals surface area contributed by atoms with E-state index in [0.717, 1.165) is 21.7 Å². The maximum Gasteiger partial charge on any atom is 0.534 e. The predicted octanol–water partition coefficient (Wildman–Crippen LogP) is 4.75. The molecule has 0 radical (unpaired) electrons. The van der Waals surface area contributed by atoms with Crippen LogP contribution in [0.15, 0.2) is 84.0 Å². The lowest BCUT2D eigenvalue weighted by atomic mass is 10.2. The number of alkyl halides is 3. The van der Waals surface area contributed by atoms with E-state index in [2.05, 4.69) is 9.17 Å². The third kappa shape index (κ3) is 3.89. The molecule has 0 amide bonds. The standard InChI is InChI=1S/C23H16F3N3O5S2/c1-15-4-7-19(8-5-15)35(30,31)29-21(14-17-3-2-11-27-22(17)29)28-12-10-16-13-18(6-9-20(16)28)34-36(32,33)23(24,25)26/h2-14H,1H3. The maximum absolute atomic E-state index is 13.7. The number of hydrogen-bond acceptors (Lipinski definition) is 6. The SMILES string of the molecule is Cc1ccc(S(=O)(=O)n2c(-n3ccc4cc(OS(=O)(=O)C(F)(F)F)ccc43)cc3cccnc32)cc1. The average molecular weight is 536 g/mol. The van der Waals surface area contributed by atoms with Crippen LogP contribution in [0.1, 0.15) is 5.56 Å². The van der Waals surface area contributed by atoms with E-state index < -0.39 is 31.4 Å². The summed E-state index contributed by atoms with van der Waals surface area (Å²) in [6.07, 6.45) is 2.98. The van der Waals surface area contributed by atoms with Gasteiger partial charge in [-0.3, -0.25) is 0 Å². The summed E-state index contributed by atoms with van der Waals surface area (Å²) in [4.78, 5) is 4.30. The molecule has 36 heavy (non-hydrogen) atoms. The zero-order chi connectivity index (χ0) is 25.9. The van der Waals surface area contributed by atoms with Gasteiger partial charge in [0.15, 0.2) is 5.65 Å². The van der Waals surface area contributed by atoms with E-state index in [0.29, 0.717) is 16.3 Å². The van der Waals surface area contributed by atoms with Crippen LogP contribution < -0.4 is 4.18 Å². The topological polar surface area (TPSA) is 100 Å². The minimum absolute atomic E-state index is 0.0435. The van der Waals surface area contributed by atoms with Crippen molar-refractivity contribution in [2.24, 2.45) is 0 Å². The number of pyridine rings is 1. The van der Waals surface area contributed by atoms with Crippen LogP contribution in [0.5, 0.6) is 5.75 Å². The van der Waals surface area contributed by atoms with E-state index in [4.69, 9.17) is 0 Å². The lowest BCUT2D eigenvalue weighted by Gasteiger charge is -2.13. The Kier molecular flexibility index (Phi) is 5.37. The predicted molar refractivity (Wildman–Crippen MR) is 126 cm³/mol. The molecule has 0 aliphatic heterocycles. The lowest BCUT2D eigenvalue weighted by molar-refractivity contribution is -0.0500. The highest BCUT2D eigenvalue weighted by Crippen LogP contribution is 2.32. The number of hydrogen-bond donors (Lipinski definition) is 0. The molecule has 186 valence electrons. The van der Waals surface area contributed by atoms with E-state index >= 15 is 0 Å². The van der Waals surface area contributed by atoms with Crippen LogP contribution in [-0.4, -0.2) is 35.9 Å². The van der Waals surface area contributed by atoms with Gasteiger partial charge in [0.25, 0.3) is 10.0 Å². The fraction of sp³-hybridized carbons (Fsp3) is 0.0870. The van der Waals surface area contributed by atoms with Crippen molar-refractivity contribution in [3.63, 3.8) is 0 Å². The van der Waals surface area contributed by atoms with Crippen LogP contribution >= 0.6 is 0 Å². The number of aryl methyl sites for hydroxylation is 1. The third-order valence-corrected chi connectivity index (χ3v) is 8.15. The van der Waals surface area contributed by atoms with Crippen LogP contribution in [0.4, 0.5) is 13.2 Å². The van der Waals surface area contributed by atoms with Crippen molar-refractivity contribution in [3.05, 3.63) is 84.7 Å². The van der Waals surface area contributed by atoms with E-state index in [1.807, 2.05) is 6.92 Å². The second-order valence-corrected chi connectivity index (χ2v) is 11.2. The van der Waals surface area contributed by atoms with E-state index in [9.17, 15) is 30.0 Å². The Labute approximate surface area is 203 Å². The minimum atomic E-state index is -5.84. The van der Waals surface area contributed by atoms with E-state index in [1.165, 1.54) is 41.2 Å². The van der Waals surface area contributed by atoms with Crippen LogP contribution in [0.3, 0.4) is 0 Å². The van der Waals surface area contributed by atoms with Crippen LogP contribution in [-0.2, 0) is 20.1 Å². The van der Waals surface area contributed by atoms with Crippen LogP contribution in [0, 0.1) is 6.92 Å². The molecule has 13 heteroatoms. The molecule has 0 aliphatic carbocycles. The van der Waals surface area contributed by atoms with Crippen molar-refractivity contribution in [1.29, 1.82) is 0 Å². The van der Waals surface area contributed by atoms with Crippen molar-refractivity contribution < 1.29 is 34.2 Å². The first kappa shape index (κ1) is 23.9. The molecule has 2 aromatic carbocycles. The maximum atomic E-state index is 13.7. The summed E-state index contributed by atoms with van der Waals surface area (Å²) >= 11 is 0. The minimum Gasteiger partial charge on any atom is -0.376 e. The number of rotatable bonds is 5. The molecule has 0 saturated heterocycles. The molecular formula is C23H16F3N3O5S2. The van der Waals surface area contributed by atoms with Gasteiger partial charge in [-0.05, 0) is 61.5 Å². The molecule has 5 aromatic rings. The Bertz CT molecular complexity index is 1840. The second kappa shape index (κ2) is 8.10. The Morgan fingerprint density at radius 2 is 1.61 bits per heavy atom. The van der Waals surface area contributed by atoms with Gasteiger partial charge < -0.3 is 8.75 Å². The molecule has 0 unspecified atom stereocenters. The average Bonchev–Trinajstić information content (AvgIpc) is 3.39. The van der Waals surface area contributed by atoms with Crippen LogP contribution in [0.25, 0.3) is 27.8 Å². The quantitative estimate of drug-likeness (QED) is 0.238. The first-order valence-corrected chi connectivity index (χ1v) is 13.1. The van der Waals surface area contributed by atoms with Gasteiger partial charge in [-0.15, -0.1) is 0 Å². The zero-order valence-electron chi connectivity index (χ0n) is 18.3. The highest BCUT2D eigenvalue weighted by atomic mass is 32.2. The number of halogens is 3. The number of aromatic nitrogens is 3. The van der Waals surface area contributed by atoms with Gasteiger partial charge in [-0.1, -0.05) is 17.7 Å². The third-order valence-electron chi connectivity index (χ3n) is 5.46. The molecule has 3 aromatic heterocycles. The van der Waals surface area contributed by atoms with Gasteiger partial charge in [-0.25, -0.2) is 17.4 Å². The summed E-state index contributed by atoms with van der Waals surface area (Å²) in [7, 11) is -9.95. The Hall–Kier alpha value is -3.84. The van der Waals surface area contributed by atoms with Crippen LogP contribution in [0.2, 0.25) is 0 Å². The van der Waals surface area contributed by atoms with Gasteiger partial charge in [0.05, 0.1) is 10.4 Å². The van der Waals surface area contributed by atoms with Gasteiger partial charge in [0.1, 0.15) is 11.6 Å². The molecule has 3 heterocycles. The highest BCUT2D eigenvalue weighted by Gasteiger charge is 2.48. The largest absolute Gasteiger partial charge is 0.534 e. The lowest BCUT2D eigenvalue weighted by Crippen LogP contribution is -2.28. The summed E-state index contributed by atoms with van der Waals surface area (Å²) in [5.74, 6) is -0.331. The molecule has 8 nitrogen and oxygen atoms in total. The first-order chi connectivity index (χ1) is 16.9. The molecule has 5 rings (SSSR count). The van der Waals surface area contributed by atoms with Crippen molar-refractivity contribution in [3.8, 4) is 11.6 Å². The molecule has 0 saturated carbocycles. The molecule has 0 bridgehead atoms. The van der Waals surface area contributed by atoms with Gasteiger partial charge in [0, 0.05) is 23.2 Å². The van der Waals surface area contributed by atoms with Crippen molar-refractivity contribution >= 4 is 42.1 Å². The zero-order valence-corrected chi connectivity index (χ0v) is 20.0. The fourth-order valence-corrected chi connectivity index (χ4v) is 5.67. The Morgan fingerprint density at radius 3 is 2.31 bits per heavy atom. The number of nitrogens with zero attached hydrogens (tertiary/aromatic N) is 3. The molecule has 0 aliphatic rings. The molecule has 0 atom stereocenters. The summed E-state index contributed by atoms with van der Waals surface area (Å²) in [6.45, 7) is 1.83. The smallest absolute Gasteiger partial charge is 0.376 e. The Morgan fingerprint density at radius 1 is 0.889 bits per heavy atom. The van der Waals surface area contributed by atoms with Gasteiger partial charge >= 0.3 is 15.6 Å². The van der Waals surface area contributed by atoms with Crippen molar-refractivity contribution in [1.82, 2.24) is 13.5 Å². The summed E-state index contributed by atoms with van der Waals surface area (Å²) in [5.41, 5.74) is -4.11. The van der Waals surface area contributed by atoms with Crippen molar-refractivity contribution in [2.75, 3.05) is 0 Å². The number of fused-ring (bicyclic) bond motifs is 2. The normalized spacial score (nSPS) is 12.9. The highest BCUT2D eigenvalue weighted by molar-refractivity contribution is 7.90. The van der Waals surface area contributed by atoms with Gasteiger partial charge in [0.2, 0.25) is 0 Å². The summed E-state index contributed by atoms with van der Waals surface area (Å²) < 4.78 is 95.0. The second-order valence-electron chi connectivity index (χ2n) is 7.89. The Balaban J connectivity index is 1.68. The molecular weight excluding hydrogens is 519 g/mol. The molecule has 0 fully saturated rings. The van der Waals surface area contributed by atoms with Crippen molar-refractivity contribution in [2.45, 2.75) is 17.3 Å². The fourth-order valence-electron chi connectivity index (χ4n) is 3.76. The summed E-state index contributed by atoms with van der Waals surface area (Å²) in [6, 6.07) is 16.3. The number of benzene rings is 2. The summed E-state index contributed by atoms with van der Waals surface area (Å²) in [5, 5.41) is 0.864. The molecule has 0 N–H and O–H groups in total. The van der Waals surface area contributed by atoms with Gasteiger partial charge in [-0.2, -0.15) is 21.6 Å². The monoisotopic (exact) mass is 535 g/mol. The van der Waals surface area contributed by atoms with E-state index in [1.54, 1.807) is 30.3 Å². The van der Waals surface area contributed by atoms with E-state index in [-0.39, 0.29) is 16.4 Å². The molecule has 0 spiro atoms. The first-order valence-electron chi connectivity index (χ1n) is 10.3.